The molecule has 2 N–H and O–H groups in total. The Kier molecular flexibility index (Phi) is 3.66. The number of carbonyl (C=O) groups excluding carboxylic acids is 1. The van der Waals surface area contributed by atoms with Gasteiger partial charge in [0.05, 0.1) is 6.61 Å². The van der Waals surface area contributed by atoms with Gasteiger partial charge in [0, 0.05) is 17.5 Å². The second-order valence-corrected chi connectivity index (χ2v) is 4.75. The summed E-state index contributed by atoms with van der Waals surface area (Å²) in [6, 6.07) is 4.38. The zero-order valence-corrected chi connectivity index (χ0v) is 10.5. The van der Waals surface area contributed by atoms with Crippen molar-refractivity contribution >= 4 is 5.78 Å². The lowest BCUT2D eigenvalue weighted by molar-refractivity contribution is 0.0635. The lowest BCUT2D eigenvalue weighted by atomic mass is 9.64. The normalized spacial score (nSPS) is 17.1. The average molecular weight is 251 g/mol. The first-order chi connectivity index (χ1) is 8.63. The molecule has 0 aliphatic heterocycles. The molecule has 1 aliphatic rings. The Balaban J connectivity index is 2.23. The summed E-state index contributed by atoms with van der Waals surface area (Å²) in [5, 5.41) is 0. The van der Waals surface area contributed by atoms with Crippen molar-refractivity contribution in [2.45, 2.75) is 26.2 Å². The van der Waals surface area contributed by atoms with Crippen molar-refractivity contribution in [1.29, 1.82) is 0 Å². The van der Waals surface area contributed by atoms with Gasteiger partial charge in [0.1, 0.15) is 0 Å². The molecule has 4 heteroatoms. The van der Waals surface area contributed by atoms with Crippen LogP contribution in [-0.4, -0.2) is 18.9 Å². The number of nitrogens with two attached hydrogens (primary N) is 1. The number of ether oxygens (including phenoxy) is 1. The molecule has 0 radical (unpaired) electrons. The lowest BCUT2D eigenvalue weighted by Crippen LogP contribution is -2.44. The number of rotatable bonds is 5. The highest BCUT2D eigenvalue weighted by molar-refractivity contribution is 6.01. The van der Waals surface area contributed by atoms with Crippen LogP contribution in [0, 0.1) is 11.2 Å². The van der Waals surface area contributed by atoms with Gasteiger partial charge in [-0.2, -0.15) is 0 Å². The molecule has 1 aliphatic carbocycles. The van der Waals surface area contributed by atoms with Gasteiger partial charge in [-0.15, -0.1) is 0 Å². The van der Waals surface area contributed by atoms with E-state index in [2.05, 4.69) is 0 Å². The van der Waals surface area contributed by atoms with Crippen LogP contribution in [0.1, 0.15) is 36.5 Å². The van der Waals surface area contributed by atoms with Gasteiger partial charge < -0.3 is 10.5 Å². The topological polar surface area (TPSA) is 52.3 Å². The van der Waals surface area contributed by atoms with E-state index < -0.39 is 11.2 Å². The molecule has 2 rings (SSSR count). The number of halogens is 1. The van der Waals surface area contributed by atoms with Crippen molar-refractivity contribution in [3.8, 4) is 5.75 Å². The van der Waals surface area contributed by atoms with E-state index in [0.29, 0.717) is 18.7 Å². The molecule has 18 heavy (non-hydrogen) atoms. The number of carbonyl (C=O) groups is 1. The third kappa shape index (κ3) is 2.12. The minimum atomic E-state index is -0.491. The fourth-order valence-corrected chi connectivity index (χ4v) is 2.35. The third-order valence-corrected chi connectivity index (χ3v) is 3.68. The SMILES string of the molecule is CCOc1ccc(C(=O)C2(CN)CCC2)cc1F. The van der Waals surface area contributed by atoms with E-state index in [1.807, 2.05) is 0 Å². The Bertz CT molecular complexity index is 450. The first-order valence-corrected chi connectivity index (χ1v) is 6.30. The van der Waals surface area contributed by atoms with Gasteiger partial charge in [0.15, 0.2) is 17.3 Å². The van der Waals surface area contributed by atoms with Gasteiger partial charge in [-0.1, -0.05) is 6.42 Å². The van der Waals surface area contributed by atoms with Gasteiger partial charge in [-0.25, -0.2) is 4.39 Å². The van der Waals surface area contributed by atoms with Crippen LogP contribution in [0.15, 0.2) is 18.2 Å². The molecule has 1 aromatic rings. The zero-order valence-electron chi connectivity index (χ0n) is 10.5. The van der Waals surface area contributed by atoms with E-state index in [4.69, 9.17) is 10.5 Å². The van der Waals surface area contributed by atoms with Crippen LogP contribution in [0.5, 0.6) is 5.75 Å². The van der Waals surface area contributed by atoms with E-state index in [1.165, 1.54) is 12.1 Å². The maximum Gasteiger partial charge on any atom is 0.170 e. The number of Topliss-reactive ketones (excluding diaryl/α,β-unsaturated/α-hetero) is 1. The molecule has 0 heterocycles. The molecule has 0 saturated heterocycles. The smallest absolute Gasteiger partial charge is 0.170 e. The summed E-state index contributed by atoms with van der Waals surface area (Å²) in [6.45, 7) is 2.52. The van der Waals surface area contributed by atoms with Crippen LogP contribution in [0.3, 0.4) is 0 Å². The summed E-state index contributed by atoms with van der Waals surface area (Å²) in [6.07, 6.45) is 2.62. The second kappa shape index (κ2) is 5.06. The molecule has 0 atom stereocenters. The van der Waals surface area contributed by atoms with Gasteiger partial charge >= 0.3 is 0 Å². The highest BCUT2D eigenvalue weighted by Gasteiger charge is 2.43. The average Bonchev–Trinajstić information content (AvgIpc) is 2.31. The molecule has 98 valence electrons. The monoisotopic (exact) mass is 251 g/mol. The van der Waals surface area contributed by atoms with E-state index in [9.17, 15) is 9.18 Å². The first-order valence-electron chi connectivity index (χ1n) is 6.30. The molecule has 1 fully saturated rings. The molecular formula is C14H18FNO2. The number of benzene rings is 1. The summed E-state index contributed by atoms with van der Waals surface area (Å²) in [7, 11) is 0. The Morgan fingerprint density at radius 2 is 2.22 bits per heavy atom. The van der Waals surface area contributed by atoms with Crippen LogP contribution in [0.4, 0.5) is 4.39 Å². The number of ketones is 1. The number of hydrogen-bond donors (Lipinski definition) is 1. The molecule has 3 nitrogen and oxygen atoms in total. The van der Waals surface area contributed by atoms with E-state index in [1.54, 1.807) is 13.0 Å². The largest absolute Gasteiger partial charge is 0.491 e. The van der Waals surface area contributed by atoms with Gasteiger partial charge in [0.2, 0.25) is 0 Å². The highest BCUT2D eigenvalue weighted by atomic mass is 19.1. The van der Waals surface area contributed by atoms with E-state index in [0.717, 1.165) is 19.3 Å². The van der Waals surface area contributed by atoms with E-state index >= 15 is 0 Å². The predicted molar refractivity (Wildman–Crippen MR) is 67.2 cm³/mol. The zero-order chi connectivity index (χ0) is 13.2. The molecule has 0 bridgehead atoms. The lowest BCUT2D eigenvalue weighted by Gasteiger charge is -2.39. The summed E-state index contributed by atoms with van der Waals surface area (Å²) in [5.74, 6) is -0.350. The minimum Gasteiger partial charge on any atom is -0.491 e. The van der Waals surface area contributed by atoms with Crippen molar-refractivity contribution in [2.24, 2.45) is 11.1 Å². The first kappa shape index (κ1) is 13.0. The minimum absolute atomic E-state index is 0.0433. The van der Waals surface area contributed by atoms with Crippen LogP contribution >= 0.6 is 0 Å². The quantitative estimate of drug-likeness (QED) is 0.818. The molecule has 0 amide bonds. The van der Waals surface area contributed by atoms with Crippen LogP contribution < -0.4 is 10.5 Å². The van der Waals surface area contributed by atoms with Crippen molar-refractivity contribution in [2.75, 3.05) is 13.2 Å². The number of hydrogen-bond acceptors (Lipinski definition) is 3. The Hall–Kier alpha value is -1.42. The highest BCUT2D eigenvalue weighted by Crippen LogP contribution is 2.42. The standard InChI is InChI=1S/C14H18FNO2/c1-2-18-12-5-4-10(8-11(12)15)13(17)14(9-16)6-3-7-14/h4-5,8H,2-3,6-7,9,16H2,1H3. The van der Waals surface area contributed by atoms with Crippen LogP contribution in [0.2, 0.25) is 0 Å². The second-order valence-electron chi connectivity index (χ2n) is 4.75. The molecule has 0 spiro atoms. The Morgan fingerprint density at radius 1 is 1.50 bits per heavy atom. The molecule has 1 saturated carbocycles. The fourth-order valence-electron chi connectivity index (χ4n) is 2.35. The van der Waals surface area contributed by atoms with Crippen LogP contribution in [-0.2, 0) is 0 Å². The van der Waals surface area contributed by atoms with Crippen LogP contribution in [0.25, 0.3) is 0 Å². The summed E-state index contributed by atoms with van der Waals surface area (Å²) in [4.78, 5) is 12.3. The summed E-state index contributed by atoms with van der Waals surface area (Å²) in [5.41, 5.74) is 5.61. The van der Waals surface area contributed by atoms with Crippen molar-refractivity contribution in [1.82, 2.24) is 0 Å². The van der Waals surface area contributed by atoms with Gasteiger partial charge in [-0.3, -0.25) is 4.79 Å². The fraction of sp³-hybridized carbons (Fsp3) is 0.500. The van der Waals surface area contributed by atoms with Crippen molar-refractivity contribution in [3.05, 3.63) is 29.6 Å². The molecule has 0 unspecified atom stereocenters. The maximum absolute atomic E-state index is 13.7. The van der Waals surface area contributed by atoms with Gasteiger partial charge in [-0.05, 0) is 38.0 Å². The molecular weight excluding hydrogens is 233 g/mol. The van der Waals surface area contributed by atoms with Crippen molar-refractivity contribution in [3.63, 3.8) is 0 Å². The predicted octanol–water partition coefficient (Wildman–Crippen LogP) is 2.54. The van der Waals surface area contributed by atoms with Crippen molar-refractivity contribution < 1.29 is 13.9 Å². The summed E-state index contributed by atoms with van der Waals surface area (Å²) < 4.78 is 18.8. The molecule has 0 aromatic heterocycles. The maximum atomic E-state index is 13.7. The Labute approximate surface area is 106 Å². The third-order valence-electron chi connectivity index (χ3n) is 3.68. The summed E-state index contributed by atoms with van der Waals surface area (Å²) >= 11 is 0. The van der Waals surface area contributed by atoms with E-state index in [-0.39, 0.29) is 11.5 Å². The molecule has 1 aromatic carbocycles. The Morgan fingerprint density at radius 3 is 2.67 bits per heavy atom. The van der Waals surface area contributed by atoms with Gasteiger partial charge in [0.25, 0.3) is 0 Å².